The molecule has 1 saturated heterocycles. The predicted molar refractivity (Wildman–Crippen MR) is 89.1 cm³/mol. The molecule has 1 aromatic carbocycles. The van der Waals surface area contributed by atoms with Gasteiger partial charge in [0.15, 0.2) is 0 Å². The Labute approximate surface area is 138 Å². The molecule has 1 fully saturated rings. The second kappa shape index (κ2) is 8.86. The molecule has 1 aliphatic heterocycles. The zero-order chi connectivity index (χ0) is 15.2. The minimum atomic E-state index is 0. The zero-order valence-electron chi connectivity index (χ0n) is 13.4. The summed E-state index contributed by atoms with van der Waals surface area (Å²) in [4.78, 5) is 14.4. The summed E-state index contributed by atoms with van der Waals surface area (Å²) in [6.07, 6.45) is 1.43. The van der Waals surface area contributed by atoms with Crippen LogP contribution in [0.15, 0.2) is 18.2 Å². The first-order valence-corrected chi connectivity index (χ1v) is 7.31. The molecule has 6 heteroatoms. The summed E-state index contributed by atoms with van der Waals surface area (Å²) in [7, 11) is 5.19. The molecule has 0 aliphatic carbocycles. The Morgan fingerprint density at radius 1 is 1.36 bits per heavy atom. The van der Waals surface area contributed by atoms with E-state index >= 15 is 0 Å². The van der Waals surface area contributed by atoms with E-state index in [1.807, 2.05) is 30.1 Å². The molecule has 0 saturated carbocycles. The van der Waals surface area contributed by atoms with Crippen molar-refractivity contribution >= 4 is 18.3 Å². The van der Waals surface area contributed by atoms with Crippen LogP contribution in [0.5, 0.6) is 11.5 Å². The number of amides is 1. The summed E-state index contributed by atoms with van der Waals surface area (Å²) in [6.45, 7) is 2.65. The fourth-order valence-electron chi connectivity index (χ4n) is 2.81. The number of likely N-dealkylation sites (tertiary alicyclic amines) is 1. The highest BCUT2D eigenvalue weighted by molar-refractivity contribution is 5.85. The topological polar surface area (TPSA) is 50.8 Å². The van der Waals surface area contributed by atoms with E-state index in [9.17, 15) is 4.79 Å². The Morgan fingerprint density at radius 3 is 2.77 bits per heavy atom. The molecule has 1 aromatic rings. The quantitative estimate of drug-likeness (QED) is 0.864. The molecule has 0 radical (unpaired) electrons. The van der Waals surface area contributed by atoms with Crippen molar-refractivity contribution in [3.8, 4) is 11.5 Å². The summed E-state index contributed by atoms with van der Waals surface area (Å²) in [5, 5.41) is 3.18. The van der Waals surface area contributed by atoms with E-state index < -0.39 is 0 Å². The molecule has 124 valence electrons. The van der Waals surface area contributed by atoms with Gasteiger partial charge < -0.3 is 19.7 Å². The lowest BCUT2D eigenvalue weighted by Crippen LogP contribution is -2.31. The van der Waals surface area contributed by atoms with Crippen molar-refractivity contribution in [1.29, 1.82) is 0 Å². The maximum atomic E-state index is 12.4. The summed E-state index contributed by atoms with van der Waals surface area (Å²) in [5.74, 6) is 2.19. The predicted octanol–water partition coefficient (Wildman–Crippen LogP) is 1.74. The van der Waals surface area contributed by atoms with Gasteiger partial charge in [0, 0.05) is 18.7 Å². The zero-order valence-corrected chi connectivity index (χ0v) is 14.2. The number of methoxy groups -OCH3 is 2. The highest BCUT2D eigenvalue weighted by Crippen LogP contribution is 2.25. The standard InChI is InChI=1S/C16H24N2O3.ClH/c1-17-10-12-6-7-18(11-12)16(19)9-13-8-14(20-2)4-5-15(13)21-3;/h4-5,8,12,17H,6-7,9-11H2,1-3H3;1H. The fraction of sp³-hybridized carbons (Fsp3) is 0.562. The summed E-state index contributed by atoms with van der Waals surface area (Å²) >= 11 is 0. The lowest BCUT2D eigenvalue weighted by molar-refractivity contribution is -0.129. The average Bonchev–Trinajstić information content (AvgIpc) is 2.96. The highest BCUT2D eigenvalue weighted by Gasteiger charge is 2.26. The van der Waals surface area contributed by atoms with Gasteiger partial charge in [-0.3, -0.25) is 4.79 Å². The van der Waals surface area contributed by atoms with E-state index in [2.05, 4.69) is 5.32 Å². The number of rotatable bonds is 6. The van der Waals surface area contributed by atoms with Gasteiger partial charge in [0.1, 0.15) is 11.5 Å². The normalized spacial score (nSPS) is 17.0. The minimum absolute atomic E-state index is 0. The fourth-order valence-corrected chi connectivity index (χ4v) is 2.81. The van der Waals surface area contributed by atoms with Crippen LogP contribution in [0, 0.1) is 5.92 Å². The van der Waals surface area contributed by atoms with Crippen LogP contribution < -0.4 is 14.8 Å². The van der Waals surface area contributed by atoms with E-state index in [1.54, 1.807) is 14.2 Å². The van der Waals surface area contributed by atoms with Crippen molar-refractivity contribution in [3.05, 3.63) is 23.8 Å². The lowest BCUT2D eigenvalue weighted by atomic mass is 10.1. The maximum Gasteiger partial charge on any atom is 0.227 e. The lowest BCUT2D eigenvalue weighted by Gasteiger charge is -2.18. The molecule has 0 spiro atoms. The van der Waals surface area contributed by atoms with E-state index in [4.69, 9.17) is 9.47 Å². The molecule has 1 N–H and O–H groups in total. The van der Waals surface area contributed by atoms with Gasteiger partial charge in [-0.2, -0.15) is 0 Å². The van der Waals surface area contributed by atoms with Gasteiger partial charge >= 0.3 is 0 Å². The van der Waals surface area contributed by atoms with Crippen LogP contribution >= 0.6 is 12.4 Å². The SMILES string of the molecule is CNCC1CCN(C(=O)Cc2cc(OC)ccc2OC)C1.Cl. The van der Waals surface area contributed by atoms with Gasteiger partial charge in [-0.25, -0.2) is 0 Å². The third kappa shape index (κ3) is 4.52. The molecule has 22 heavy (non-hydrogen) atoms. The molecule has 5 nitrogen and oxygen atoms in total. The van der Waals surface area contributed by atoms with Gasteiger partial charge in [0.2, 0.25) is 5.91 Å². The number of carbonyl (C=O) groups is 1. The molecule has 1 atom stereocenters. The smallest absolute Gasteiger partial charge is 0.227 e. The first-order valence-electron chi connectivity index (χ1n) is 7.31. The van der Waals surface area contributed by atoms with E-state index in [0.717, 1.165) is 43.1 Å². The third-order valence-corrected chi connectivity index (χ3v) is 3.96. The van der Waals surface area contributed by atoms with Crippen LogP contribution in [0.1, 0.15) is 12.0 Å². The van der Waals surface area contributed by atoms with Crippen molar-refractivity contribution < 1.29 is 14.3 Å². The average molecular weight is 329 g/mol. The van der Waals surface area contributed by atoms with Crippen LogP contribution in [0.2, 0.25) is 0 Å². The second-order valence-electron chi connectivity index (χ2n) is 5.41. The van der Waals surface area contributed by atoms with Crippen molar-refractivity contribution in [2.45, 2.75) is 12.8 Å². The van der Waals surface area contributed by atoms with Crippen LogP contribution in [0.25, 0.3) is 0 Å². The first kappa shape index (κ1) is 18.6. The molecule has 0 aromatic heterocycles. The molecule has 1 aliphatic rings. The maximum absolute atomic E-state index is 12.4. The van der Waals surface area contributed by atoms with Crippen molar-refractivity contribution in [1.82, 2.24) is 10.2 Å². The van der Waals surface area contributed by atoms with Gasteiger partial charge in [0.25, 0.3) is 0 Å². The van der Waals surface area contributed by atoms with Crippen molar-refractivity contribution in [3.63, 3.8) is 0 Å². The Hall–Kier alpha value is -1.46. The Morgan fingerprint density at radius 2 is 2.14 bits per heavy atom. The van der Waals surface area contributed by atoms with Crippen LogP contribution in [-0.4, -0.2) is 51.7 Å². The molecule has 1 heterocycles. The largest absolute Gasteiger partial charge is 0.497 e. The number of benzene rings is 1. The van der Waals surface area contributed by atoms with E-state index in [-0.39, 0.29) is 18.3 Å². The Balaban J connectivity index is 0.00000242. The number of halogens is 1. The van der Waals surface area contributed by atoms with E-state index in [0.29, 0.717) is 12.3 Å². The molecular formula is C16H25ClN2O3. The highest BCUT2D eigenvalue weighted by atomic mass is 35.5. The molecule has 1 unspecified atom stereocenters. The summed E-state index contributed by atoms with van der Waals surface area (Å²) in [6, 6.07) is 5.55. The number of hydrogen-bond donors (Lipinski definition) is 1. The minimum Gasteiger partial charge on any atom is -0.497 e. The number of hydrogen-bond acceptors (Lipinski definition) is 4. The van der Waals surface area contributed by atoms with Gasteiger partial charge in [-0.05, 0) is 44.1 Å². The third-order valence-electron chi connectivity index (χ3n) is 3.96. The molecule has 1 amide bonds. The Bertz CT molecular complexity index is 496. The summed E-state index contributed by atoms with van der Waals surface area (Å²) in [5.41, 5.74) is 0.874. The number of nitrogens with zero attached hydrogens (tertiary/aromatic N) is 1. The monoisotopic (exact) mass is 328 g/mol. The van der Waals surface area contributed by atoms with Gasteiger partial charge in [-0.1, -0.05) is 0 Å². The number of carbonyl (C=O) groups excluding carboxylic acids is 1. The van der Waals surface area contributed by atoms with Crippen molar-refractivity contribution in [2.24, 2.45) is 5.92 Å². The first-order chi connectivity index (χ1) is 10.2. The summed E-state index contributed by atoms with van der Waals surface area (Å²) < 4.78 is 10.6. The van der Waals surface area contributed by atoms with Crippen LogP contribution in [0.3, 0.4) is 0 Å². The number of ether oxygens (including phenoxy) is 2. The van der Waals surface area contributed by atoms with Gasteiger partial charge in [0.05, 0.1) is 20.6 Å². The second-order valence-corrected chi connectivity index (χ2v) is 5.41. The van der Waals surface area contributed by atoms with E-state index in [1.165, 1.54) is 0 Å². The molecule has 0 bridgehead atoms. The van der Waals surface area contributed by atoms with Gasteiger partial charge in [-0.15, -0.1) is 12.4 Å². The Kier molecular flexibility index (Phi) is 7.48. The molecule has 2 rings (SSSR count). The van der Waals surface area contributed by atoms with Crippen LogP contribution in [-0.2, 0) is 11.2 Å². The molecular weight excluding hydrogens is 304 g/mol. The van der Waals surface area contributed by atoms with Crippen LogP contribution in [0.4, 0.5) is 0 Å². The number of nitrogens with one attached hydrogen (secondary N) is 1. The van der Waals surface area contributed by atoms with Crippen molar-refractivity contribution in [2.75, 3.05) is 40.9 Å².